The second-order valence-electron chi connectivity index (χ2n) is 5.13. The quantitative estimate of drug-likeness (QED) is 0.925. The van der Waals surface area contributed by atoms with E-state index in [0.29, 0.717) is 17.8 Å². The largest absolute Gasteiger partial charge is 0.494 e. The van der Waals surface area contributed by atoms with E-state index in [1.54, 1.807) is 12.1 Å². The van der Waals surface area contributed by atoms with Gasteiger partial charge in [0.1, 0.15) is 0 Å². The van der Waals surface area contributed by atoms with Crippen molar-refractivity contribution < 1.29 is 9.13 Å². The molecule has 2 rings (SSSR count). The van der Waals surface area contributed by atoms with E-state index in [9.17, 15) is 4.39 Å². The van der Waals surface area contributed by atoms with Crippen LogP contribution in [0.15, 0.2) is 18.2 Å². The second kappa shape index (κ2) is 7.08. The third-order valence-corrected chi connectivity index (χ3v) is 3.26. The average molecular weight is 289 g/mol. The number of piperazine rings is 1. The van der Waals surface area contributed by atoms with Crippen LogP contribution < -0.4 is 10.1 Å². The summed E-state index contributed by atoms with van der Waals surface area (Å²) >= 11 is 0. The molecule has 0 radical (unpaired) electrons. The van der Waals surface area contributed by atoms with Gasteiger partial charge in [-0.05, 0) is 31.5 Å². The van der Waals surface area contributed by atoms with E-state index >= 15 is 0 Å². The van der Waals surface area contributed by atoms with Crippen molar-refractivity contribution in [2.75, 3.05) is 20.2 Å². The first-order valence-corrected chi connectivity index (χ1v) is 6.39. The summed E-state index contributed by atoms with van der Waals surface area (Å²) in [4.78, 5) is 2.35. The van der Waals surface area contributed by atoms with E-state index < -0.39 is 0 Å². The lowest BCUT2D eigenvalue weighted by atomic mass is 10.1. The molecule has 2 unspecified atom stereocenters. The highest BCUT2D eigenvalue weighted by molar-refractivity contribution is 5.85. The minimum atomic E-state index is -0.286. The van der Waals surface area contributed by atoms with Gasteiger partial charge in [-0.2, -0.15) is 0 Å². The highest BCUT2D eigenvalue weighted by Gasteiger charge is 2.20. The molecule has 1 aromatic carbocycles. The summed E-state index contributed by atoms with van der Waals surface area (Å²) in [5.74, 6) is 0.0204. The third-order valence-electron chi connectivity index (χ3n) is 3.26. The monoisotopic (exact) mass is 288 g/mol. The SMILES string of the molecule is COc1ccc(CN2CC(C)NC(C)C2)cc1F.Cl. The molecule has 0 aromatic heterocycles. The van der Waals surface area contributed by atoms with Crippen molar-refractivity contribution in [3.05, 3.63) is 29.6 Å². The van der Waals surface area contributed by atoms with E-state index in [4.69, 9.17) is 4.74 Å². The number of methoxy groups -OCH3 is 1. The molecule has 1 saturated heterocycles. The Kier molecular flexibility index (Phi) is 6.04. The van der Waals surface area contributed by atoms with Crippen molar-refractivity contribution in [1.82, 2.24) is 10.2 Å². The molecule has 0 aliphatic carbocycles. The summed E-state index contributed by atoms with van der Waals surface area (Å²) in [5, 5.41) is 3.49. The smallest absolute Gasteiger partial charge is 0.165 e. The number of benzene rings is 1. The first kappa shape index (κ1) is 16.2. The predicted octanol–water partition coefficient (Wildman–Crippen LogP) is 2.44. The number of halogens is 2. The molecule has 0 bridgehead atoms. The summed E-state index contributed by atoms with van der Waals surface area (Å²) in [7, 11) is 1.48. The molecule has 0 saturated carbocycles. The van der Waals surface area contributed by atoms with Crippen molar-refractivity contribution in [3.63, 3.8) is 0 Å². The van der Waals surface area contributed by atoms with Gasteiger partial charge in [-0.3, -0.25) is 4.90 Å². The zero-order valence-corrected chi connectivity index (χ0v) is 12.5. The Labute approximate surface area is 120 Å². The first-order valence-electron chi connectivity index (χ1n) is 6.39. The van der Waals surface area contributed by atoms with Crippen LogP contribution in [0.3, 0.4) is 0 Å². The van der Waals surface area contributed by atoms with Gasteiger partial charge in [0.05, 0.1) is 7.11 Å². The summed E-state index contributed by atoms with van der Waals surface area (Å²) in [6, 6.07) is 6.16. The van der Waals surface area contributed by atoms with Crippen molar-refractivity contribution >= 4 is 12.4 Å². The summed E-state index contributed by atoms with van der Waals surface area (Å²) in [6.45, 7) is 7.14. The van der Waals surface area contributed by atoms with Gasteiger partial charge in [-0.25, -0.2) is 4.39 Å². The minimum absolute atomic E-state index is 0. The molecule has 1 fully saturated rings. The zero-order chi connectivity index (χ0) is 13.1. The fourth-order valence-corrected chi connectivity index (χ4v) is 2.64. The maximum Gasteiger partial charge on any atom is 0.165 e. The predicted molar refractivity (Wildman–Crippen MR) is 77.5 cm³/mol. The van der Waals surface area contributed by atoms with Crippen LogP contribution in [0.4, 0.5) is 4.39 Å². The normalized spacial score (nSPS) is 23.8. The fourth-order valence-electron chi connectivity index (χ4n) is 2.64. The van der Waals surface area contributed by atoms with E-state index in [0.717, 1.165) is 25.2 Å². The molecule has 19 heavy (non-hydrogen) atoms. The van der Waals surface area contributed by atoms with Crippen molar-refractivity contribution in [2.24, 2.45) is 0 Å². The molecule has 1 aliphatic heterocycles. The number of nitrogens with zero attached hydrogens (tertiary/aromatic N) is 1. The van der Waals surface area contributed by atoms with Crippen LogP contribution in [0.1, 0.15) is 19.4 Å². The van der Waals surface area contributed by atoms with Crippen molar-refractivity contribution in [1.29, 1.82) is 0 Å². The van der Waals surface area contributed by atoms with Gasteiger partial charge in [-0.1, -0.05) is 6.07 Å². The van der Waals surface area contributed by atoms with Gasteiger partial charge in [0.2, 0.25) is 0 Å². The molecule has 2 atom stereocenters. The molecule has 3 nitrogen and oxygen atoms in total. The van der Waals surface area contributed by atoms with E-state index in [1.165, 1.54) is 7.11 Å². The van der Waals surface area contributed by atoms with Crippen LogP contribution in [0.25, 0.3) is 0 Å². The molecular weight excluding hydrogens is 267 g/mol. The van der Waals surface area contributed by atoms with E-state index in [-0.39, 0.29) is 18.2 Å². The molecule has 108 valence electrons. The molecule has 0 spiro atoms. The number of rotatable bonds is 3. The summed E-state index contributed by atoms with van der Waals surface area (Å²) < 4.78 is 18.5. The average Bonchev–Trinajstić information content (AvgIpc) is 2.27. The van der Waals surface area contributed by atoms with Crippen LogP contribution in [0, 0.1) is 5.82 Å². The molecule has 1 heterocycles. The lowest BCUT2D eigenvalue weighted by molar-refractivity contribution is 0.166. The standard InChI is InChI=1S/C14H21FN2O.ClH/c1-10-7-17(8-11(2)16-10)9-12-4-5-14(18-3)13(15)6-12;/h4-6,10-11,16H,7-9H2,1-3H3;1H. The Bertz CT molecular complexity index is 406. The van der Waals surface area contributed by atoms with Gasteiger partial charge in [0.15, 0.2) is 11.6 Å². The number of hydrogen-bond acceptors (Lipinski definition) is 3. The number of hydrogen-bond donors (Lipinski definition) is 1. The van der Waals surface area contributed by atoms with Gasteiger partial charge in [-0.15, -0.1) is 12.4 Å². The van der Waals surface area contributed by atoms with Crippen LogP contribution in [0.2, 0.25) is 0 Å². The van der Waals surface area contributed by atoms with E-state index in [1.807, 2.05) is 6.07 Å². The van der Waals surface area contributed by atoms with E-state index in [2.05, 4.69) is 24.1 Å². The molecule has 0 amide bonds. The van der Waals surface area contributed by atoms with Crippen LogP contribution in [0.5, 0.6) is 5.75 Å². The van der Waals surface area contributed by atoms with Gasteiger partial charge < -0.3 is 10.1 Å². The van der Waals surface area contributed by atoms with Crippen molar-refractivity contribution in [3.8, 4) is 5.75 Å². The molecule has 1 aromatic rings. The first-order chi connectivity index (χ1) is 8.58. The highest BCUT2D eigenvalue weighted by atomic mass is 35.5. The lowest BCUT2D eigenvalue weighted by Gasteiger charge is -2.36. The highest BCUT2D eigenvalue weighted by Crippen LogP contribution is 2.19. The maximum absolute atomic E-state index is 13.6. The van der Waals surface area contributed by atoms with Gasteiger partial charge in [0.25, 0.3) is 0 Å². The summed E-state index contributed by atoms with van der Waals surface area (Å²) in [6.07, 6.45) is 0. The molecule has 5 heteroatoms. The van der Waals surface area contributed by atoms with Crippen LogP contribution in [-0.4, -0.2) is 37.2 Å². The summed E-state index contributed by atoms with van der Waals surface area (Å²) in [5.41, 5.74) is 0.995. The minimum Gasteiger partial charge on any atom is -0.494 e. The lowest BCUT2D eigenvalue weighted by Crippen LogP contribution is -2.53. The molecular formula is C14H22ClFN2O. The van der Waals surface area contributed by atoms with Crippen molar-refractivity contribution in [2.45, 2.75) is 32.5 Å². The molecule has 1 N–H and O–H groups in total. The Hall–Kier alpha value is -0.840. The number of ether oxygens (including phenoxy) is 1. The Morgan fingerprint density at radius 2 is 1.95 bits per heavy atom. The third kappa shape index (κ3) is 4.34. The topological polar surface area (TPSA) is 24.5 Å². The van der Waals surface area contributed by atoms with Gasteiger partial charge >= 0.3 is 0 Å². The zero-order valence-electron chi connectivity index (χ0n) is 11.6. The second-order valence-corrected chi connectivity index (χ2v) is 5.13. The maximum atomic E-state index is 13.6. The van der Waals surface area contributed by atoms with Crippen LogP contribution >= 0.6 is 12.4 Å². The van der Waals surface area contributed by atoms with Gasteiger partial charge in [0, 0.05) is 31.7 Å². The Balaban J connectivity index is 0.00000180. The van der Waals surface area contributed by atoms with Crippen LogP contribution in [-0.2, 0) is 6.54 Å². The number of nitrogens with one attached hydrogen (secondary N) is 1. The Morgan fingerprint density at radius 1 is 1.32 bits per heavy atom. The fraction of sp³-hybridized carbons (Fsp3) is 0.571. The molecule has 1 aliphatic rings. The Morgan fingerprint density at radius 3 is 2.47 bits per heavy atom.